The highest BCUT2D eigenvalue weighted by Crippen LogP contribution is 2.15. The molecule has 0 spiro atoms. The van der Waals surface area contributed by atoms with Gasteiger partial charge in [0, 0.05) is 19.8 Å². The standard InChI is InChI=1S/C9H12FN/c1-7-6-8(11(2)3)4-5-9(7)10/h4-6H,1-3H3. The first-order valence-electron chi connectivity index (χ1n) is 3.55. The second kappa shape index (κ2) is 2.91. The third kappa shape index (κ3) is 1.70. The van der Waals surface area contributed by atoms with Crippen LogP contribution in [0.1, 0.15) is 5.56 Å². The van der Waals surface area contributed by atoms with Crippen molar-refractivity contribution in [3.05, 3.63) is 29.6 Å². The summed E-state index contributed by atoms with van der Waals surface area (Å²) in [6.07, 6.45) is 0. The van der Waals surface area contributed by atoms with Gasteiger partial charge in [-0.2, -0.15) is 0 Å². The molecule has 0 aromatic heterocycles. The first-order valence-corrected chi connectivity index (χ1v) is 3.55. The van der Waals surface area contributed by atoms with Crippen molar-refractivity contribution in [1.29, 1.82) is 0 Å². The summed E-state index contributed by atoms with van der Waals surface area (Å²) in [5.41, 5.74) is 1.72. The molecule has 0 saturated heterocycles. The van der Waals surface area contributed by atoms with Crippen LogP contribution in [0, 0.1) is 12.7 Å². The Hall–Kier alpha value is -1.05. The summed E-state index contributed by atoms with van der Waals surface area (Å²) in [5.74, 6) is -0.143. The van der Waals surface area contributed by atoms with Crippen molar-refractivity contribution < 1.29 is 4.39 Å². The summed E-state index contributed by atoms with van der Waals surface area (Å²) >= 11 is 0. The maximum Gasteiger partial charge on any atom is 0.126 e. The molecule has 1 rings (SSSR count). The van der Waals surface area contributed by atoms with Gasteiger partial charge in [-0.1, -0.05) is 0 Å². The number of benzene rings is 1. The fraction of sp³-hybridized carbons (Fsp3) is 0.333. The molecule has 0 radical (unpaired) electrons. The average molecular weight is 153 g/mol. The summed E-state index contributed by atoms with van der Waals surface area (Å²) in [6, 6.07) is 5.09. The quantitative estimate of drug-likeness (QED) is 0.597. The summed E-state index contributed by atoms with van der Waals surface area (Å²) in [6.45, 7) is 1.77. The Morgan fingerprint density at radius 3 is 2.36 bits per heavy atom. The number of hydrogen-bond acceptors (Lipinski definition) is 1. The molecule has 60 valence electrons. The van der Waals surface area contributed by atoms with Gasteiger partial charge in [0.2, 0.25) is 0 Å². The minimum atomic E-state index is -0.143. The first kappa shape index (κ1) is 8.05. The topological polar surface area (TPSA) is 3.24 Å². The van der Waals surface area contributed by atoms with Gasteiger partial charge in [0.05, 0.1) is 0 Å². The maximum atomic E-state index is 12.7. The lowest BCUT2D eigenvalue weighted by Crippen LogP contribution is -2.08. The lowest BCUT2D eigenvalue weighted by molar-refractivity contribution is 0.618. The predicted molar refractivity (Wildman–Crippen MR) is 45.5 cm³/mol. The van der Waals surface area contributed by atoms with Gasteiger partial charge < -0.3 is 4.90 Å². The van der Waals surface area contributed by atoms with Crippen LogP contribution < -0.4 is 4.90 Å². The highest BCUT2D eigenvalue weighted by molar-refractivity contribution is 5.47. The number of halogens is 1. The molecule has 1 aromatic carbocycles. The molecule has 0 atom stereocenters. The van der Waals surface area contributed by atoms with Gasteiger partial charge in [-0.15, -0.1) is 0 Å². The third-order valence-corrected chi connectivity index (χ3v) is 1.66. The predicted octanol–water partition coefficient (Wildman–Crippen LogP) is 2.20. The Bertz CT molecular complexity index is 256. The Morgan fingerprint density at radius 2 is 1.91 bits per heavy atom. The molecular formula is C9H12FN. The SMILES string of the molecule is Cc1cc(N(C)C)ccc1F. The molecule has 0 aliphatic carbocycles. The van der Waals surface area contributed by atoms with Crippen LogP contribution in [0.4, 0.5) is 10.1 Å². The molecule has 2 heteroatoms. The second-order valence-electron chi connectivity index (χ2n) is 2.83. The van der Waals surface area contributed by atoms with E-state index in [0.29, 0.717) is 5.56 Å². The average Bonchev–Trinajstić information content (AvgIpc) is 1.94. The lowest BCUT2D eigenvalue weighted by Gasteiger charge is -2.12. The molecule has 0 bridgehead atoms. The van der Waals surface area contributed by atoms with E-state index in [0.717, 1.165) is 5.69 Å². The van der Waals surface area contributed by atoms with E-state index in [1.165, 1.54) is 6.07 Å². The van der Waals surface area contributed by atoms with Crippen molar-refractivity contribution in [3.63, 3.8) is 0 Å². The summed E-state index contributed by atoms with van der Waals surface area (Å²) in [7, 11) is 3.87. The van der Waals surface area contributed by atoms with Crippen LogP contribution in [-0.2, 0) is 0 Å². The van der Waals surface area contributed by atoms with Crippen molar-refractivity contribution in [1.82, 2.24) is 0 Å². The van der Waals surface area contributed by atoms with E-state index in [1.807, 2.05) is 25.1 Å². The highest BCUT2D eigenvalue weighted by atomic mass is 19.1. The van der Waals surface area contributed by atoms with Gasteiger partial charge in [0.15, 0.2) is 0 Å². The van der Waals surface area contributed by atoms with Gasteiger partial charge in [-0.05, 0) is 30.7 Å². The van der Waals surface area contributed by atoms with Gasteiger partial charge in [-0.3, -0.25) is 0 Å². The second-order valence-corrected chi connectivity index (χ2v) is 2.83. The van der Waals surface area contributed by atoms with Gasteiger partial charge in [-0.25, -0.2) is 4.39 Å². The Balaban J connectivity index is 3.05. The minimum absolute atomic E-state index is 0.143. The van der Waals surface area contributed by atoms with Crippen LogP contribution in [-0.4, -0.2) is 14.1 Å². The molecule has 0 N–H and O–H groups in total. The van der Waals surface area contributed by atoms with E-state index in [9.17, 15) is 4.39 Å². The molecule has 0 aliphatic rings. The van der Waals surface area contributed by atoms with Crippen LogP contribution >= 0.6 is 0 Å². The molecule has 0 amide bonds. The van der Waals surface area contributed by atoms with Gasteiger partial charge in [0.25, 0.3) is 0 Å². The fourth-order valence-corrected chi connectivity index (χ4v) is 0.907. The van der Waals surface area contributed by atoms with Crippen LogP contribution in [0.3, 0.4) is 0 Å². The number of nitrogens with zero attached hydrogens (tertiary/aromatic N) is 1. The summed E-state index contributed by atoms with van der Waals surface area (Å²) in [4.78, 5) is 1.95. The van der Waals surface area contributed by atoms with E-state index in [1.54, 1.807) is 13.0 Å². The first-order chi connectivity index (χ1) is 5.11. The highest BCUT2D eigenvalue weighted by Gasteiger charge is 1.98. The molecule has 1 nitrogen and oxygen atoms in total. The van der Waals surface area contributed by atoms with Crippen molar-refractivity contribution in [2.45, 2.75) is 6.92 Å². The van der Waals surface area contributed by atoms with Crippen LogP contribution in [0.5, 0.6) is 0 Å². The molecule has 0 heterocycles. The number of anilines is 1. The normalized spacial score (nSPS) is 9.82. The summed E-state index contributed by atoms with van der Waals surface area (Å²) in [5, 5.41) is 0. The minimum Gasteiger partial charge on any atom is -0.378 e. The van der Waals surface area contributed by atoms with Gasteiger partial charge >= 0.3 is 0 Å². The largest absolute Gasteiger partial charge is 0.378 e. The van der Waals surface area contributed by atoms with Crippen molar-refractivity contribution in [2.75, 3.05) is 19.0 Å². The van der Waals surface area contributed by atoms with Crippen LogP contribution in [0.15, 0.2) is 18.2 Å². The van der Waals surface area contributed by atoms with Crippen molar-refractivity contribution in [2.24, 2.45) is 0 Å². The van der Waals surface area contributed by atoms with E-state index in [2.05, 4.69) is 0 Å². The third-order valence-electron chi connectivity index (χ3n) is 1.66. The molecular weight excluding hydrogens is 141 g/mol. The molecule has 1 aromatic rings. The monoisotopic (exact) mass is 153 g/mol. The van der Waals surface area contributed by atoms with Gasteiger partial charge in [0.1, 0.15) is 5.82 Å². The molecule has 0 aliphatic heterocycles. The van der Waals surface area contributed by atoms with Crippen molar-refractivity contribution in [3.8, 4) is 0 Å². The Kier molecular flexibility index (Phi) is 2.13. The fourth-order valence-electron chi connectivity index (χ4n) is 0.907. The number of hydrogen-bond donors (Lipinski definition) is 0. The smallest absolute Gasteiger partial charge is 0.126 e. The maximum absolute atomic E-state index is 12.7. The van der Waals surface area contributed by atoms with E-state index >= 15 is 0 Å². The van der Waals surface area contributed by atoms with Crippen LogP contribution in [0.25, 0.3) is 0 Å². The zero-order valence-corrected chi connectivity index (χ0v) is 7.06. The van der Waals surface area contributed by atoms with E-state index in [-0.39, 0.29) is 5.82 Å². The number of aryl methyl sites for hydroxylation is 1. The van der Waals surface area contributed by atoms with Crippen molar-refractivity contribution >= 4 is 5.69 Å². The molecule has 0 saturated carbocycles. The number of rotatable bonds is 1. The Morgan fingerprint density at radius 1 is 1.27 bits per heavy atom. The zero-order chi connectivity index (χ0) is 8.43. The molecule has 0 fully saturated rings. The molecule has 0 unspecified atom stereocenters. The van der Waals surface area contributed by atoms with E-state index < -0.39 is 0 Å². The lowest BCUT2D eigenvalue weighted by atomic mass is 10.2. The summed E-state index contributed by atoms with van der Waals surface area (Å²) < 4.78 is 12.7. The van der Waals surface area contributed by atoms with Crippen LogP contribution in [0.2, 0.25) is 0 Å². The van der Waals surface area contributed by atoms with E-state index in [4.69, 9.17) is 0 Å². The Labute approximate surface area is 66.5 Å². The molecule has 11 heavy (non-hydrogen) atoms. The zero-order valence-electron chi connectivity index (χ0n) is 7.06.